The van der Waals surface area contributed by atoms with Crippen molar-refractivity contribution in [2.45, 2.75) is 19.8 Å². The Hall–Kier alpha value is -1.82. The number of phenolic OH excluding ortho intramolecular Hbond substituents is 1. The van der Waals surface area contributed by atoms with Crippen molar-refractivity contribution in [1.82, 2.24) is 5.43 Å². The van der Waals surface area contributed by atoms with Gasteiger partial charge in [-0.3, -0.25) is 5.43 Å². The molecule has 0 aliphatic heterocycles. The highest BCUT2D eigenvalue weighted by Gasteiger charge is 2.11. The summed E-state index contributed by atoms with van der Waals surface area (Å²) >= 11 is 4.63. The molecule has 0 atom stereocenters. The lowest BCUT2D eigenvalue weighted by molar-refractivity contribution is 0.372. The summed E-state index contributed by atoms with van der Waals surface area (Å²) in [5, 5.41) is 13.8. The Balaban J connectivity index is 3.12. The van der Waals surface area contributed by atoms with Crippen molar-refractivity contribution in [3.05, 3.63) is 23.3 Å². The van der Waals surface area contributed by atoms with Gasteiger partial charge in [-0.25, -0.2) is 0 Å². The van der Waals surface area contributed by atoms with Crippen LogP contribution in [0.25, 0.3) is 0 Å². The zero-order valence-corrected chi connectivity index (χ0v) is 11.4. The van der Waals surface area contributed by atoms with Gasteiger partial charge in [-0.05, 0) is 35.8 Å². The number of rotatable bonds is 4. The van der Waals surface area contributed by atoms with Crippen molar-refractivity contribution in [2.75, 3.05) is 7.11 Å². The molecular weight excluding hydrogens is 250 g/mol. The van der Waals surface area contributed by atoms with Gasteiger partial charge in [0.2, 0.25) is 0 Å². The zero-order chi connectivity index (χ0) is 13.7. The molecule has 0 spiro atoms. The molecule has 6 heteroatoms. The Morgan fingerprint density at radius 3 is 2.72 bits per heavy atom. The Morgan fingerprint density at radius 2 is 2.22 bits per heavy atom. The zero-order valence-electron chi connectivity index (χ0n) is 10.6. The van der Waals surface area contributed by atoms with Gasteiger partial charge >= 0.3 is 0 Å². The first kappa shape index (κ1) is 14.2. The number of nitrogens with two attached hydrogens (primary N) is 1. The van der Waals surface area contributed by atoms with E-state index in [1.807, 2.05) is 6.07 Å². The van der Waals surface area contributed by atoms with E-state index in [1.54, 1.807) is 6.07 Å². The summed E-state index contributed by atoms with van der Waals surface area (Å²) in [5.74, 6) is 0.767. The standard InChI is InChI=1S/C12H17N3O2S/c1-7(2)8-4-9(6-14-15-12(13)18)11(16)10(5-8)17-3/h4-7,16H,1-3H3,(H3,13,15,18). The molecule has 0 amide bonds. The number of nitrogens with one attached hydrogen (secondary N) is 1. The van der Waals surface area contributed by atoms with Crippen molar-refractivity contribution in [1.29, 1.82) is 0 Å². The predicted octanol–water partition coefficient (Wildman–Crippen LogP) is 1.69. The van der Waals surface area contributed by atoms with Gasteiger partial charge in [0.1, 0.15) is 0 Å². The first-order valence-corrected chi connectivity index (χ1v) is 5.86. The van der Waals surface area contributed by atoms with Crippen molar-refractivity contribution in [2.24, 2.45) is 10.8 Å². The van der Waals surface area contributed by atoms with Crippen LogP contribution in [0.5, 0.6) is 11.5 Å². The van der Waals surface area contributed by atoms with Crippen LogP contribution in [0.3, 0.4) is 0 Å². The second-order valence-corrected chi connectivity index (χ2v) is 4.49. The molecule has 0 radical (unpaired) electrons. The number of ether oxygens (including phenoxy) is 1. The maximum atomic E-state index is 9.95. The Bertz CT molecular complexity index is 473. The highest BCUT2D eigenvalue weighted by molar-refractivity contribution is 7.80. The SMILES string of the molecule is COc1cc(C(C)C)cc(C=NNC(N)=S)c1O. The molecule has 1 aromatic rings. The molecule has 0 unspecified atom stereocenters. The average Bonchev–Trinajstić information content (AvgIpc) is 2.30. The lowest BCUT2D eigenvalue weighted by Crippen LogP contribution is -2.24. The number of benzene rings is 1. The Morgan fingerprint density at radius 1 is 1.56 bits per heavy atom. The van der Waals surface area contributed by atoms with E-state index in [0.29, 0.717) is 17.2 Å². The molecule has 0 aliphatic carbocycles. The first-order valence-electron chi connectivity index (χ1n) is 5.45. The second kappa shape index (κ2) is 6.20. The van der Waals surface area contributed by atoms with Gasteiger partial charge in [0.25, 0.3) is 0 Å². The topological polar surface area (TPSA) is 79.9 Å². The molecule has 0 aromatic heterocycles. The van der Waals surface area contributed by atoms with E-state index in [2.05, 4.69) is 36.6 Å². The molecule has 18 heavy (non-hydrogen) atoms. The predicted molar refractivity (Wildman–Crippen MR) is 76.3 cm³/mol. The van der Waals surface area contributed by atoms with E-state index < -0.39 is 0 Å². The molecule has 98 valence electrons. The van der Waals surface area contributed by atoms with Gasteiger partial charge in [-0.2, -0.15) is 5.10 Å². The second-order valence-electron chi connectivity index (χ2n) is 4.05. The third-order valence-corrected chi connectivity index (χ3v) is 2.48. The van der Waals surface area contributed by atoms with Gasteiger partial charge in [0.05, 0.1) is 13.3 Å². The van der Waals surface area contributed by atoms with Gasteiger partial charge in [-0.15, -0.1) is 0 Å². The van der Waals surface area contributed by atoms with Crippen LogP contribution < -0.4 is 15.9 Å². The van der Waals surface area contributed by atoms with Gasteiger partial charge in [-0.1, -0.05) is 13.8 Å². The van der Waals surface area contributed by atoms with Crippen LogP contribution in [-0.4, -0.2) is 23.5 Å². The van der Waals surface area contributed by atoms with Crippen molar-refractivity contribution in [3.8, 4) is 11.5 Å². The average molecular weight is 267 g/mol. The lowest BCUT2D eigenvalue weighted by Gasteiger charge is -2.12. The monoisotopic (exact) mass is 267 g/mol. The smallest absolute Gasteiger partial charge is 0.184 e. The Kier molecular flexibility index (Phi) is 4.91. The molecular formula is C12H17N3O2S. The van der Waals surface area contributed by atoms with Gasteiger partial charge in [0.15, 0.2) is 16.6 Å². The van der Waals surface area contributed by atoms with E-state index >= 15 is 0 Å². The van der Waals surface area contributed by atoms with Crippen LogP contribution in [0.15, 0.2) is 17.2 Å². The summed E-state index contributed by atoms with van der Waals surface area (Å²) in [5.41, 5.74) is 9.27. The minimum absolute atomic E-state index is 0.0374. The first-order chi connectivity index (χ1) is 8.45. The van der Waals surface area contributed by atoms with E-state index in [1.165, 1.54) is 13.3 Å². The molecule has 0 heterocycles. The van der Waals surface area contributed by atoms with Gasteiger partial charge in [0, 0.05) is 5.56 Å². The number of thiocarbonyl (C=S) groups is 1. The molecule has 0 saturated carbocycles. The number of hydrazone groups is 1. The molecule has 0 bridgehead atoms. The van der Waals surface area contributed by atoms with Crippen molar-refractivity contribution >= 4 is 23.5 Å². The molecule has 0 fully saturated rings. The fourth-order valence-corrected chi connectivity index (χ4v) is 1.46. The minimum Gasteiger partial charge on any atom is -0.504 e. The third kappa shape index (κ3) is 3.59. The van der Waals surface area contributed by atoms with E-state index in [4.69, 9.17) is 10.5 Å². The van der Waals surface area contributed by atoms with E-state index in [-0.39, 0.29) is 10.9 Å². The van der Waals surface area contributed by atoms with Crippen molar-refractivity contribution in [3.63, 3.8) is 0 Å². The number of phenols is 1. The number of hydrogen-bond donors (Lipinski definition) is 3. The van der Waals surface area contributed by atoms with E-state index in [0.717, 1.165) is 5.56 Å². The quantitative estimate of drug-likeness (QED) is 0.439. The molecule has 4 N–H and O–H groups in total. The summed E-state index contributed by atoms with van der Waals surface area (Å²) in [4.78, 5) is 0. The van der Waals surface area contributed by atoms with Crippen molar-refractivity contribution < 1.29 is 9.84 Å². The fraction of sp³-hybridized carbons (Fsp3) is 0.333. The minimum atomic E-state index is 0.0374. The lowest BCUT2D eigenvalue weighted by atomic mass is 10.00. The summed E-state index contributed by atoms with van der Waals surface area (Å²) in [7, 11) is 1.51. The number of hydrogen-bond acceptors (Lipinski definition) is 4. The molecule has 5 nitrogen and oxygen atoms in total. The maximum absolute atomic E-state index is 9.95. The Labute approximate surface area is 112 Å². The van der Waals surface area contributed by atoms with Crippen LogP contribution in [0, 0.1) is 0 Å². The number of methoxy groups -OCH3 is 1. The summed E-state index contributed by atoms with van der Waals surface area (Å²) in [6, 6.07) is 3.64. The molecule has 1 aromatic carbocycles. The van der Waals surface area contributed by atoms with E-state index in [9.17, 15) is 5.11 Å². The van der Waals surface area contributed by atoms with Crippen LogP contribution in [0.1, 0.15) is 30.9 Å². The van der Waals surface area contributed by atoms with Crippen LogP contribution in [-0.2, 0) is 0 Å². The molecule has 0 saturated heterocycles. The summed E-state index contributed by atoms with van der Waals surface area (Å²) < 4.78 is 5.12. The highest BCUT2D eigenvalue weighted by Crippen LogP contribution is 2.32. The van der Waals surface area contributed by atoms with Gasteiger partial charge < -0.3 is 15.6 Å². The number of aromatic hydroxyl groups is 1. The normalized spacial score (nSPS) is 10.9. The van der Waals surface area contributed by atoms with Crippen LogP contribution in [0.4, 0.5) is 0 Å². The highest BCUT2D eigenvalue weighted by atomic mass is 32.1. The maximum Gasteiger partial charge on any atom is 0.184 e. The van der Waals surface area contributed by atoms with Crippen LogP contribution in [0.2, 0.25) is 0 Å². The fourth-order valence-electron chi connectivity index (χ4n) is 1.40. The third-order valence-electron chi connectivity index (χ3n) is 2.39. The largest absolute Gasteiger partial charge is 0.504 e. The summed E-state index contributed by atoms with van der Waals surface area (Å²) in [6.45, 7) is 4.11. The van der Waals surface area contributed by atoms with Crippen LogP contribution >= 0.6 is 12.2 Å². The number of nitrogens with zero attached hydrogens (tertiary/aromatic N) is 1. The molecule has 1 rings (SSSR count). The molecule has 0 aliphatic rings. The summed E-state index contributed by atoms with van der Waals surface area (Å²) in [6.07, 6.45) is 1.45.